The first-order valence-electron chi connectivity index (χ1n) is 8.53. The minimum Gasteiger partial charge on any atom is -0.454 e. The molecular weight excluding hydrogens is 396 g/mol. The summed E-state index contributed by atoms with van der Waals surface area (Å²) >= 11 is 0. The Hall–Kier alpha value is -2.36. The molecule has 9 N–H and O–H groups in total. The number of rotatable bonds is 9. The van der Waals surface area contributed by atoms with E-state index in [9.17, 15) is 24.3 Å². The number of hydrogen-bond donors (Lipinski definition) is 5. The summed E-state index contributed by atoms with van der Waals surface area (Å²) in [5, 5.41) is 10.6. The van der Waals surface area contributed by atoms with Crippen molar-refractivity contribution < 1.29 is 48.0 Å². The molecule has 1 rings (SSSR count). The molecule has 0 amide bonds. The molecule has 0 aromatic carbocycles. The van der Waals surface area contributed by atoms with Crippen molar-refractivity contribution in [2.45, 2.75) is 36.6 Å². The molecule has 166 valence electrons. The predicted molar refractivity (Wildman–Crippen MR) is 92.5 cm³/mol. The number of esters is 4. The zero-order chi connectivity index (χ0) is 22.1. The molecule has 0 heterocycles. The SMILES string of the molecule is COC1C(O)C(OC(=O)CN)C(OC(=O)CN)C(OC(=O)CN)C1OC(=O)CN. The number of nitrogens with two attached hydrogens (primary N) is 4. The summed E-state index contributed by atoms with van der Waals surface area (Å²) in [6, 6.07) is 0. The van der Waals surface area contributed by atoms with E-state index in [1.807, 2.05) is 0 Å². The van der Waals surface area contributed by atoms with Gasteiger partial charge < -0.3 is 51.7 Å². The molecule has 1 fully saturated rings. The van der Waals surface area contributed by atoms with Crippen LogP contribution < -0.4 is 22.9 Å². The average molecular weight is 422 g/mol. The molecule has 0 aliphatic heterocycles. The molecule has 0 radical (unpaired) electrons. The zero-order valence-corrected chi connectivity index (χ0v) is 15.7. The second kappa shape index (κ2) is 11.6. The van der Waals surface area contributed by atoms with Crippen molar-refractivity contribution in [3.63, 3.8) is 0 Å². The molecule has 29 heavy (non-hydrogen) atoms. The van der Waals surface area contributed by atoms with Crippen LogP contribution in [0.25, 0.3) is 0 Å². The standard InChI is InChI=1S/C15H26N4O10/c1-25-11-10(24)12(26-6(20)2-16)14(28-8(22)4-18)15(29-9(23)5-19)13(11)27-7(21)3-17/h10-15,24H,2-5,16-19H2,1H3. The summed E-state index contributed by atoms with van der Waals surface area (Å²) in [5.41, 5.74) is 21.0. The Labute approximate surface area is 165 Å². The van der Waals surface area contributed by atoms with E-state index in [1.54, 1.807) is 0 Å². The lowest BCUT2D eigenvalue weighted by Gasteiger charge is -2.46. The molecule has 0 bridgehead atoms. The molecule has 1 aliphatic carbocycles. The van der Waals surface area contributed by atoms with Crippen molar-refractivity contribution in [3.8, 4) is 0 Å². The van der Waals surface area contributed by atoms with Crippen molar-refractivity contribution in [1.29, 1.82) is 0 Å². The fourth-order valence-corrected chi connectivity index (χ4v) is 2.75. The van der Waals surface area contributed by atoms with Crippen LogP contribution in [0.2, 0.25) is 0 Å². The molecule has 0 spiro atoms. The Morgan fingerprint density at radius 2 is 0.897 bits per heavy atom. The predicted octanol–water partition coefficient (Wildman–Crippen LogP) is -5.14. The molecule has 0 aromatic rings. The lowest BCUT2D eigenvalue weighted by atomic mass is 9.84. The van der Waals surface area contributed by atoms with E-state index < -0.39 is 86.7 Å². The lowest BCUT2D eigenvalue weighted by molar-refractivity contribution is -0.255. The summed E-state index contributed by atoms with van der Waals surface area (Å²) in [4.78, 5) is 47.1. The van der Waals surface area contributed by atoms with Crippen LogP contribution in [-0.2, 0) is 42.9 Å². The van der Waals surface area contributed by atoms with Crippen LogP contribution in [0.5, 0.6) is 0 Å². The summed E-state index contributed by atoms with van der Waals surface area (Å²) < 4.78 is 25.7. The molecule has 0 saturated heterocycles. The van der Waals surface area contributed by atoms with E-state index in [1.165, 1.54) is 0 Å². The van der Waals surface area contributed by atoms with Crippen LogP contribution in [0.1, 0.15) is 0 Å². The van der Waals surface area contributed by atoms with Gasteiger partial charge in [-0.05, 0) is 0 Å². The summed E-state index contributed by atoms with van der Waals surface area (Å²) in [6.45, 7) is -2.25. The molecule has 6 unspecified atom stereocenters. The number of methoxy groups -OCH3 is 1. The van der Waals surface area contributed by atoms with Crippen molar-refractivity contribution in [2.75, 3.05) is 33.3 Å². The quantitative estimate of drug-likeness (QED) is 0.172. The topological polar surface area (TPSA) is 239 Å². The van der Waals surface area contributed by atoms with E-state index in [-0.39, 0.29) is 0 Å². The largest absolute Gasteiger partial charge is 0.454 e. The Morgan fingerprint density at radius 3 is 1.21 bits per heavy atom. The van der Waals surface area contributed by atoms with Crippen LogP contribution in [0.4, 0.5) is 0 Å². The van der Waals surface area contributed by atoms with Crippen LogP contribution >= 0.6 is 0 Å². The highest BCUT2D eigenvalue weighted by Gasteiger charge is 2.57. The minimum atomic E-state index is -1.67. The number of carbonyl (C=O) groups is 4. The lowest BCUT2D eigenvalue weighted by Crippen LogP contribution is -2.68. The Morgan fingerprint density at radius 1 is 0.621 bits per heavy atom. The summed E-state index contributed by atoms with van der Waals surface area (Å²) in [5.74, 6) is -3.84. The molecular formula is C15H26N4O10. The van der Waals surface area contributed by atoms with Gasteiger partial charge in [-0.3, -0.25) is 19.2 Å². The first kappa shape index (κ1) is 24.7. The van der Waals surface area contributed by atoms with Gasteiger partial charge in [-0.15, -0.1) is 0 Å². The first-order chi connectivity index (χ1) is 13.7. The fraction of sp³-hybridized carbons (Fsp3) is 0.733. The monoisotopic (exact) mass is 422 g/mol. The van der Waals surface area contributed by atoms with Gasteiger partial charge in [0.2, 0.25) is 0 Å². The first-order valence-corrected chi connectivity index (χ1v) is 8.53. The molecule has 1 aliphatic rings. The van der Waals surface area contributed by atoms with Gasteiger partial charge in [-0.25, -0.2) is 0 Å². The van der Waals surface area contributed by atoms with Crippen molar-refractivity contribution in [3.05, 3.63) is 0 Å². The maximum absolute atomic E-state index is 11.8. The van der Waals surface area contributed by atoms with Crippen LogP contribution in [0.3, 0.4) is 0 Å². The number of aliphatic hydroxyl groups excluding tert-OH is 1. The van der Waals surface area contributed by atoms with E-state index in [2.05, 4.69) is 0 Å². The maximum Gasteiger partial charge on any atom is 0.320 e. The van der Waals surface area contributed by atoms with Crippen LogP contribution in [-0.4, -0.2) is 98.9 Å². The Balaban J connectivity index is 3.43. The van der Waals surface area contributed by atoms with Crippen molar-refractivity contribution in [2.24, 2.45) is 22.9 Å². The summed E-state index contributed by atoms with van der Waals surface area (Å²) in [6.07, 6.45) is -9.28. The van der Waals surface area contributed by atoms with Gasteiger partial charge >= 0.3 is 23.9 Å². The third-order valence-electron chi connectivity index (χ3n) is 3.98. The van der Waals surface area contributed by atoms with E-state index in [0.717, 1.165) is 7.11 Å². The average Bonchev–Trinajstić information content (AvgIpc) is 2.72. The van der Waals surface area contributed by atoms with Gasteiger partial charge in [0.25, 0.3) is 0 Å². The number of carbonyl (C=O) groups excluding carboxylic acids is 4. The molecule has 0 aromatic heterocycles. The van der Waals surface area contributed by atoms with E-state index >= 15 is 0 Å². The maximum atomic E-state index is 11.8. The highest BCUT2D eigenvalue weighted by molar-refractivity contribution is 5.74. The van der Waals surface area contributed by atoms with Crippen molar-refractivity contribution in [1.82, 2.24) is 0 Å². The smallest absolute Gasteiger partial charge is 0.320 e. The number of hydrogen-bond acceptors (Lipinski definition) is 14. The van der Waals surface area contributed by atoms with E-state index in [0.29, 0.717) is 0 Å². The zero-order valence-electron chi connectivity index (χ0n) is 15.7. The second-order valence-electron chi connectivity index (χ2n) is 5.83. The van der Waals surface area contributed by atoms with Crippen LogP contribution in [0.15, 0.2) is 0 Å². The number of ether oxygens (including phenoxy) is 5. The third kappa shape index (κ3) is 6.31. The van der Waals surface area contributed by atoms with Crippen LogP contribution in [0, 0.1) is 0 Å². The van der Waals surface area contributed by atoms with Gasteiger partial charge in [0.1, 0.15) is 12.2 Å². The van der Waals surface area contributed by atoms with E-state index in [4.69, 9.17) is 46.6 Å². The minimum absolute atomic E-state index is 0.542. The number of aliphatic hydroxyl groups is 1. The molecule has 6 atom stereocenters. The molecule has 14 nitrogen and oxygen atoms in total. The van der Waals surface area contributed by atoms with Crippen molar-refractivity contribution >= 4 is 23.9 Å². The highest BCUT2D eigenvalue weighted by atomic mass is 16.6. The van der Waals surface area contributed by atoms with Gasteiger partial charge in [0.15, 0.2) is 24.4 Å². The summed E-state index contributed by atoms with van der Waals surface area (Å²) in [7, 11) is 1.16. The second-order valence-corrected chi connectivity index (χ2v) is 5.83. The van der Waals surface area contributed by atoms with Gasteiger partial charge in [-0.1, -0.05) is 0 Å². The normalized spacial score (nSPS) is 28.9. The highest BCUT2D eigenvalue weighted by Crippen LogP contribution is 2.32. The fourth-order valence-electron chi connectivity index (χ4n) is 2.75. The Bertz CT molecular complexity index is 604. The van der Waals surface area contributed by atoms with Gasteiger partial charge in [0.05, 0.1) is 26.2 Å². The Kier molecular flexibility index (Phi) is 9.87. The van der Waals surface area contributed by atoms with Gasteiger partial charge in [-0.2, -0.15) is 0 Å². The van der Waals surface area contributed by atoms with Gasteiger partial charge in [0, 0.05) is 7.11 Å². The molecule has 1 saturated carbocycles. The third-order valence-corrected chi connectivity index (χ3v) is 3.98. The molecule has 14 heteroatoms.